The smallest absolute Gasteiger partial charge is 0.0698 e. The Morgan fingerprint density at radius 1 is 1.20 bits per heavy atom. The fraction of sp³-hybridized carbons (Fsp3) is 0. The predicted molar refractivity (Wildman–Crippen MR) is 46.5 cm³/mol. The minimum Gasteiger partial charge on any atom is -0.363 e. The number of aromatic nitrogens is 1. The van der Waals surface area contributed by atoms with Gasteiger partial charge in [0.25, 0.3) is 0 Å². The SMILES string of the molecule is [SiH2]c1cc2ccccc2[nH]1. The summed E-state index contributed by atoms with van der Waals surface area (Å²) in [6.45, 7) is 0. The van der Waals surface area contributed by atoms with Gasteiger partial charge in [-0.1, -0.05) is 18.2 Å². The van der Waals surface area contributed by atoms with Gasteiger partial charge in [-0.3, -0.25) is 0 Å². The third-order valence-corrected chi connectivity index (χ3v) is 1.97. The van der Waals surface area contributed by atoms with Crippen LogP contribution in [0.15, 0.2) is 30.3 Å². The van der Waals surface area contributed by atoms with Crippen LogP contribution in [-0.2, 0) is 0 Å². The second kappa shape index (κ2) is 1.99. The highest BCUT2D eigenvalue weighted by Gasteiger charge is 1.92. The van der Waals surface area contributed by atoms with E-state index in [4.69, 9.17) is 0 Å². The van der Waals surface area contributed by atoms with Gasteiger partial charge in [-0.15, -0.1) is 0 Å². The van der Waals surface area contributed by atoms with Crippen LogP contribution in [0.5, 0.6) is 0 Å². The molecule has 0 saturated heterocycles. The summed E-state index contributed by atoms with van der Waals surface area (Å²) in [7, 11) is 1.88. The summed E-state index contributed by atoms with van der Waals surface area (Å²) in [5.74, 6) is 0. The van der Waals surface area contributed by atoms with Gasteiger partial charge >= 0.3 is 0 Å². The molecule has 0 unspecified atom stereocenters. The van der Waals surface area contributed by atoms with E-state index in [1.165, 1.54) is 16.2 Å². The van der Waals surface area contributed by atoms with Crippen molar-refractivity contribution in [3.05, 3.63) is 30.3 Å². The van der Waals surface area contributed by atoms with Gasteiger partial charge in [0.1, 0.15) is 0 Å². The van der Waals surface area contributed by atoms with E-state index >= 15 is 0 Å². The lowest BCUT2D eigenvalue weighted by atomic mass is 10.3. The highest BCUT2D eigenvalue weighted by molar-refractivity contribution is 6.32. The van der Waals surface area contributed by atoms with Crippen LogP contribution >= 0.6 is 0 Å². The standard InChI is InChI=1S/C8H8NSi/c10-8-5-6-3-1-2-4-7(6)9-8/h1-5,9H,10H2. The number of hydrogen-bond acceptors (Lipinski definition) is 0. The summed E-state index contributed by atoms with van der Waals surface area (Å²) in [5.41, 5.74) is 1.23. The van der Waals surface area contributed by atoms with Crippen molar-refractivity contribution < 1.29 is 0 Å². The number of nitrogens with one attached hydrogen (secondary N) is 1. The molecule has 1 heterocycles. The Hall–Kier alpha value is -1.02. The Bertz CT molecular complexity index is 318. The van der Waals surface area contributed by atoms with Gasteiger partial charge in [0.15, 0.2) is 0 Å². The molecule has 0 aliphatic heterocycles. The molecule has 1 aromatic carbocycles. The number of H-pyrrole nitrogens is 1. The summed E-state index contributed by atoms with van der Waals surface area (Å²) in [4.78, 5) is 3.27. The lowest BCUT2D eigenvalue weighted by Gasteiger charge is -1.83. The average Bonchev–Trinajstić information content (AvgIpc) is 2.27. The van der Waals surface area contributed by atoms with Gasteiger partial charge < -0.3 is 4.98 Å². The summed E-state index contributed by atoms with van der Waals surface area (Å²) in [5, 5.41) is 2.55. The molecule has 1 N–H and O–H groups in total. The molecule has 0 aliphatic carbocycles. The number of benzene rings is 1. The first-order chi connectivity index (χ1) is 4.86. The summed E-state index contributed by atoms with van der Waals surface area (Å²) < 4.78 is 0. The molecule has 10 heavy (non-hydrogen) atoms. The van der Waals surface area contributed by atoms with Crippen molar-refractivity contribution in [2.24, 2.45) is 0 Å². The van der Waals surface area contributed by atoms with Crippen LogP contribution in [0.25, 0.3) is 10.9 Å². The average molecular weight is 146 g/mol. The van der Waals surface area contributed by atoms with Gasteiger partial charge in [-0.2, -0.15) is 0 Å². The van der Waals surface area contributed by atoms with Gasteiger partial charge in [0.05, 0.1) is 10.2 Å². The van der Waals surface area contributed by atoms with E-state index in [9.17, 15) is 0 Å². The zero-order valence-corrected chi connectivity index (χ0v) is 7.01. The van der Waals surface area contributed by atoms with Crippen LogP contribution < -0.4 is 5.32 Å². The van der Waals surface area contributed by atoms with Crippen molar-refractivity contribution in [3.63, 3.8) is 0 Å². The maximum absolute atomic E-state index is 3.27. The van der Waals surface area contributed by atoms with Crippen molar-refractivity contribution in [2.75, 3.05) is 0 Å². The molecule has 0 fully saturated rings. The van der Waals surface area contributed by atoms with Gasteiger partial charge in [0.2, 0.25) is 0 Å². The molecule has 2 heteroatoms. The molecule has 0 bridgehead atoms. The van der Waals surface area contributed by atoms with Crippen molar-refractivity contribution in [1.82, 2.24) is 4.98 Å². The fourth-order valence-electron chi connectivity index (χ4n) is 1.13. The first-order valence-electron chi connectivity index (χ1n) is 3.26. The quantitative estimate of drug-likeness (QED) is 0.519. The van der Waals surface area contributed by atoms with Crippen LogP contribution in [0, 0.1) is 0 Å². The Kier molecular flexibility index (Phi) is 1.14. The Balaban J connectivity index is 2.88. The zero-order chi connectivity index (χ0) is 6.97. The second-order valence-electron chi connectivity index (χ2n) is 2.38. The van der Waals surface area contributed by atoms with E-state index in [2.05, 4.69) is 29.2 Å². The van der Waals surface area contributed by atoms with Crippen molar-refractivity contribution in [1.29, 1.82) is 0 Å². The normalized spacial score (nSPS) is 10.5. The predicted octanol–water partition coefficient (Wildman–Crippen LogP) is 0.426. The van der Waals surface area contributed by atoms with Gasteiger partial charge in [0, 0.05) is 5.52 Å². The lowest BCUT2D eigenvalue weighted by Crippen LogP contribution is -1.99. The third-order valence-electron chi connectivity index (χ3n) is 1.59. The van der Waals surface area contributed by atoms with E-state index in [0.29, 0.717) is 0 Å². The van der Waals surface area contributed by atoms with Crippen molar-refractivity contribution in [2.45, 2.75) is 0 Å². The largest absolute Gasteiger partial charge is 0.363 e. The monoisotopic (exact) mass is 146 g/mol. The van der Waals surface area contributed by atoms with E-state index in [1.807, 2.05) is 16.3 Å². The summed E-state index contributed by atoms with van der Waals surface area (Å²) in [6, 6.07) is 10.5. The molecule has 0 atom stereocenters. The topological polar surface area (TPSA) is 15.8 Å². The number of para-hydroxylation sites is 1. The minimum absolute atomic E-state index is 1.23. The van der Waals surface area contributed by atoms with Crippen LogP contribution in [0.4, 0.5) is 0 Å². The zero-order valence-electron chi connectivity index (χ0n) is 5.59. The molecular formula is C8H8NSi. The first kappa shape index (κ1) is 5.74. The van der Waals surface area contributed by atoms with Gasteiger partial charge in [-0.25, -0.2) is 0 Å². The van der Waals surface area contributed by atoms with Crippen LogP contribution in [0.2, 0.25) is 0 Å². The third kappa shape index (κ3) is 0.771. The Morgan fingerprint density at radius 2 is 2.00 bits per heavy atom. The van der Waals surface area contributed by atoms with E-state index in [1.54, 1.807) is 0 Å². The molecule has 49 valence electrons. The molecule has 1 nitrogen and oxygen atoms in total. The molecule has 1 radical (unpaired) electrons. The van der Waals surface area contributed by atoms with Crippen molar-refractivity contribution in [3.8, 4) is 0 Å². The highest BCUT2D eigenvalue weighted by atomic mass is 28.1. The lowest BCUT2D eigenvalue weighted by molar-refractivity contribution is 1.54. The molecule has 2 rings (SSSR count). The minimum atomic E-state index is 1.23. The summed E-state index contributed by atoms with van der Waals surface area (Å²) >= 11 is 0. The summed E-state index contributed by atoms with van der Waals surface area (Å²) in [6.07, 6.45) is 0. The van der Waals surface area contributed by atoms with Crippen LogP contribution in [0.3, 0.4) is 0 Å². The molecule has 0 saturated carbocycles. The van der Waals surface area contributed by atoms with Crippen LogP contribution in [0.1, 0.15) is 0 Å². The molecular weight excluding hydrogens is 138 g/mol. The van der Waals surface area contributed by atoms with E-state index < -0.39 is 0 Å². The number of aromatic amines is 1. The van der Waals surface area contributed by atoms with Crippen molar-refractivity contribution >= 4 is 26.5 Å². The molecule has 1 aromatic heterocycles. The molecule has 2 aromatic rings. The number of rotatable bonds is 0. The fourth-order valence-corrected chi connectivity index (χ4v) is 1.54. The molecule has 0 spiro atoms. The second-order valence-corrected chi connectivity index (χ2v) is 3.14. The number of hydrogen-bond donors (Lipinski definition) is 1. The maximum Gasteiger partial charge on any atom is 0.0698 e. The maximum atomic E-state index is 3.27. The molecule has 0 aliphatic rings. The van der Waals surface area contributed by atoms with Crippen LogP contribution in [-0.4, -0.2) is 15.2 Å². The van der Waals surface area contributed by atoms with E-state index in [-0.39, 0.29) is 0 Å². The Labute approximate surface area is 62.5 Å². The number of fused-ring (bicyclic) bond motifs is 1. The molecule has 0 amide bonds. The van der Waals surface area contributed by atoms with E-state index in [0.717, 1.165) is 0 Å². The Morgan fingerprint density at radius 3 is 2.80 bits per heavy atom. The van der Waals surface area contributed by atoms with Gasteiger partial charge in [-0.05, 0) is 22.8 Å². The first-order valence-corrected chi connectivity index (χ1v) is 3.97. The highest BCUT2D eigenvalue weighted by Crippen LogP contribution is 2.07.